The first kappa shape index (κ1) is 10.3. The number of Topliss-reactive ketones (excluding diaryl/α,β-unsaturated/α-hetero) is 1. The Morgan fingerprint density at radius 2 is 2.20 bits per heavy atom. The maximum atomic E-state index is 13.2. The average molecular weight is 210 g/mol. The highest BCUT2D eigenvalue weighted by atomic mass is 19.1. The van der Waals surface area contributed by atoms with E-state index in [0.29, 0.717) is 13.2 Å². The van der Waals surface area contributed by atoms with Crippen LogP contribution in [0, 0.1) is 5.82 Å². The fourth-order valence-corrected chi connectivity index (χ4v) is 1.27. The van der Waals surface area contributed by atoms with Crippen molar-refractivity contribution in [3.05, 3.63) is 35.6 Å². The molecule has 0 aromatic heterocycles. The van der Waals surface area contributed by atoms with Crippen molar-refractivity contribution in [2.45, 2.75) is 6.10 Å². The third-order valence-electron chi connectivity index (χ3n) is 2.23. The Kier molecular flexibility index (Phi) is 3.08. The number of carbonyl (C=O) groups excluding carboxylic acids is 1. The van der Waals surface area contributed by atoms with Crippen molar-refractivity contribution in [1.29, 1.82) is 0 Å². The number of halogens is 1. The van der Waals surface area contributed by atoms with Gasteiger partial charge in [-0.15, -0.1) is 0 Å². The molecule has 15 heavy (non-hydrogen) atoms. The topological polar surface area (TPSA) is 35.5 Å². The number of hydrogen-bond donors (Lipinski definition) is 0. The van der Waals surface area contributed by atoms with Crippen molar-refractivity contribution in [2.75, 3.05) is 19.8 Å². The predicted octanol–water partition coefficient (Wildman–Crippen LogP) is 1.42. The van der Waals surface area contributed by atoms with Crippen LogP contribution >= 0.6 is 0 Å². The van der Waals surface area contributed by atoms with Gasteiger partial charge in [-0.1, -0.05) is 12.1 Å². The van der Waals surface area contributed by atoms with Crippen LogP contribution in [-0.4, -0.2) is 31.7 Å². The van der Waals surface area contributed by atoms with Crippen LogP contribution in [0.3, 0.4) is 0 Å². The second kappa shape index (κ2) is 4.51. The second-order valence-electron chi connectivity index (χ2n) is 3.37. The molecule has 0 atom stereocenters. The number of hydrogen-bond acceptors (Lipinski definition) is 3. The van der Waals surface area contributed by atoms with E-state index >= 15 is 0 Å². The fraction of sp³-hybridized carbons (Fsp3) is 0.364. The van der Waals surface area contributed by atoms with E-state index < -0.39 is 5.82 Å². The van der Waals surface area contributed by atoms with Crippen LogP contribution in [0.2, 0.25) is 0 Å². The normalized spacial score (nSPS) is 16.1. The molecular weight excluding hydrogens is 199 g/mol. The van der Waals surface area contributed by atoms with E-state index in [4.69, 9.17) is 9.47 Å². The van der Waals surface area contributed by atoms with Crippen LogP contribution in [0.5, 0.6) is 0 Å². The smallest absolute Gasteiger partial charge is 0.191 e. The molecule has 1 fully saturated rings. The first-order valence-corrected chi connectivity index (χ1v) is 4.74. The zero-order chi connectivity index (χ0) is 10.7. The maximum Gasteiger partial charge on any atom is 0.191 e. The number of rotatable bonds is 4. The van der Waals surface area contributed by atoms with Gasteiger partial charge in [0, 0.05) is 0 Å². The molecule has 0 N–H and O–H groups in total. The standard InChI is InChI=1S/C11H11FO3/c12-10-4-2-1-3-9(10)11(13)7-15-8-5-14-6-8/h1-4,8H,5-7H2. The molecule has 1 aliphatic heterocycles. The number of benzene rings is 1. The van der Waals surface area contributed by atoms with Crippen LogP contribution < -0.4 is 0 Å². The Morgan fingerprint density at radius 3 is 2.80 bits per heavy atom. The molecule has 0 spiro atoms. The van der Waals surface area contributed by atoms with Gasteiger partial charge in [0.1, 0.15) is 18.5 Å². The predicted molar refractivity (Wildman–Crippen MR) is 51.3 cm³/mol. The molecule has 1 heterocycles. The van der Waals surface area contributed by atoms with Gasteiger partial charge in [0.2, 0.25) is 0 Å². The zero-order valence-electron chi connectivity index (χ0n) is 8.11. The lowest BCUT2D eigenvalue weighted by atomic mass is 10.1. The molecule has 1 aromatic rings. The summed E-state index contributed by atoms with van der Waals surface area (Å²) in [6.45, 7) is 0.948. The maximum absolute atomic E-state index is 13.2. The minimum Gasteiger partial charge on any atom is -0.376 e. The third kappa shape index (κ3) is 2.40. The number of ketones is 1. The summed E-state index contributed by atoms with van der Waals surface area (Å²) >= 11 is 0. The van der Waals surface area contributed by atoms with Crippen molar-refractivity contribution in [3.8, 4) is 0 Å². The van der Waals surface area contributed by atoms with Gasteiger partial charge in [-0.05, 0) is 12.1 Å². The molecule has 1 aromatic carbocycles. The molecule has 1 saturated heterocycles. The molecule has 4 heteroatoms. The molecular formula is C11H11FO3. The lowest BCUT2D eigenvalue weighted by Gasteiger charge is -2.25. The SMILES string of the molecule is O=C(COC1COC1)c1ccccc1F. The van der Waals surface area contributed by atoms with E-state index in [-0.39, 0.29) is 24.1 Å². The van der Waals surface area contributed by atoms with Gasteiger partial charge in [-0.25, -0.2) is 4.39 Å². The molecule has 0 saturated carbocycles. The highest BCUT2D eigenvalue weighted by Gasteiger charge is 2.21. The van der Waals surface area contributed by atoms with Gasteiger partial charge in [0.15, 0.2) is 5.78 Å². The highest BCUT2D eigenvalue weighted by molar-refractivity contribution is 5.97. The van der Waals surface area contributed by atoms with Crippen LogP contribution in [0.25, 0.3) is 0 Å². The van der Waals surface area contributed by atoms with Gasteiger partial charge in [0.05, 0.1) is 18.8 Å². The highest BCUT2D eigenvalue weighted by Crippen LogP contribution is 2.10. The van der Waals surface area contributed by atoms with Gasteiger partial charge < -0.3 is 9.47 Å². The molecule has 0 bridgehead atoms. The summed E-state index contributed by atoms with van der Waals surface area (Å²) < 4.78 is 23.3. The van der Waals surface area contributed by atoms with Crippen LogP contribution in [0.15, 0.2) is 24.3 Å². The van der Waals surface area contributed by atoms with Crippen LogP contribution in [0.1, 0.15) is 10.4 Å². The van der Waals surface area contributed by atoms with E-state index in [1.807, 2.05) is 0 Å². The van der Waals surface area contributed by atoms with Crippen molar-refractivity contribution in [2.24, 2.45) is 0 Å². The summed E-state index contributed by atoms with van der Waals surface area (Å²) in [5.41, 5.74) is 0.0812. The minimum absolute atomic E-state index is 0.0132. The molecule has 0 aliphatic carbocycles. The lowest BCUT2D eigenvalue weighted by Crippen LogP contribution is -2.37. The molecule has 0 amide bonds. The number of carbonyl (C=O) groups is 1. The van der Waals surface area contributed by atoms with Crippen molar-refractivity contribution in [1.82, 2.24) is 0 Å². The summed E-state index contributed by atoms with van der Waals surface area (Å²) in [6, 6.07) is 5.90. The first-order valence-electron chi connectivity index (χ1n) is 4.74. The Hall–Kier alpha value is -1.26. The Balaban J connectivity index is 1.92. The van der Waals surface area contributed by atoms with E-state index in [9.17, 15) is 9.18 Å². The van der Waals surface area contributed by atoms with E-state index in [2.05, 4.69) is 0 Å². The Morgan fingerprint density at radius 1 is 1.47 bits per heavy atom. The van der Waals surface area contributed by atoms with Crippen molar-refractivity contribution < 1.29 is 18.7 Å². The summed E-state index contributed by atoms with van der Waals surface area (Å²) in [4.78, 5) is 11.5. The summed E-state index contributed by atoms with van der Waals surface area (Å²) in [5, 5.41) is 0. The van der Waals surface area contributed by atoms with Crippen molar-refractivity contribution in [3.63, 3.8) is 0 Å². The fourth-order valence-electron chi connectivity index (χ4n) is 1.27. The van der Waals surface area contributed by atoms with Crippen molar-refractivity contribution >= 4 is 5.78 Å². The summed E-state index contributed by atoms with van der Waals surface area (Å²) in [7, 11) is 0. The number of ether oxygens (including phenoxy) is 2. The molecule has 80 valence electrons. The molecule has 1 aliphatic rings. The van der Waals surface area contributed by atoms with Gasteiger partial charge in [0.25, 0.3) is 0 Å². The average Bonchev–Trinajstić information content (AvgIpc) is 2.16. The van der Waals surface area contributed by atoms with Gasteiger partial charge in [-0.3, -0.25) is 4.79 Å². The second-order valence-corrected chi connectivity index (χ2v) is 3.37. The summed E-state index contributed by atoms with van der Waals surface area (Å²) in [6.07, 6.45) is -0.0132. The molecule has 0 radical (unpaired) electrons. The van der Waals surface area contributed by atoms with E-state index in [1.165, 1.54) is 12.1 Å². The molecule has 2 rings (SSSR count). The first-order chi connectivity index (χ1) is 7.27. The summed E-state index contributed by atoms with van der Waals surface area (Å²) in [5.74, 6) is -0.837. The zero-order valence-corrected chi connectivity index (χ0v) is 8.11. The van der Waals surface area contributed by atoms with Crippen LogP contribution in [-0.2, 0) is 9.47 Å². The van der Waals surface area contributed by atoms with Gasteiger partial charge >= 0.3 is 0 Å². The Bertz CT molecular complexity index is 361. The molecule has 3 nitrogen and oxygen atoms in total. The van der Waals surface area contributed by atoms with Gasteiger partial charge in [-0.2, -0.15) is 0 Å². The Labute approximate surface area is 86.8 Å². The molecule has 0 unspecified atom stereocenters. The largest absolute Gasteiger partial charge is 0.376 e. The van der Waals surface area contributed by atoms with Crippen LogP contribution in [0.4, 0.5) is 4.39 Å². The van der Waals surface area contributed by atoms with E-state index in [0.717, 1.165) is 0 Å². The third-order valence-corrected chi connectivity index (χ3v) is 2.23. The lowest BCUT2D eigenvalue weighted by molar-refractivity contribution is -0.123. The quantitative estimate of drug-likeness (QED) is 0.705. The van der Waals surface area contributed by atoms with E-state index in [1.54, 1.807) is 12.1 Å². The minimum atomic E-state index is -0.504. The monoisotopic (exact) mass is 210 g/mol.